The van der Waals surface area contributed by atoms with Gasteiger partial charge in [0.05, 0.1) is 11.9 Å². The summed E-state index contributed by atoms with van der Waals surface area (Å²) in [5.74, 6) is 0.775. The van der Waals surface area contributed by atoms with Crippen LogP contribution in [-0.2, 0) is 0 Å². The highest BCUT2D eigenvalue weighted by Crippen LogP contribution is 2.11. The van der Waals surface area contributed by atoms with Crippen molar-refractivity contribution in [2.45, 2.75) is 13.8 Å². The van der Waals surface area contributed by atoms with E-state index in [1.165, 1.54) is 0 Å². The summed E-state index contributed by atoms with van der Waals surface area (Å²) >= 11 is 0. The molecule has 1 rings (SSSR count). The molecule has 0 bridgehead atoms. The number of nitrogens with zero attached hydrogens (tertiary/aromatic N) is 3. The molecule has 0 aliphatic rings. The summed E-state index contributed by atoms with van der Waals surface area (Å²) in [6.07, 6.45) is 1.75. The lowest BCUT2D eigenvalue weighted by atomic mass is 10.3. The number of allylic oxidation sites excluding steroid dienone is 1. The predicted molar refractivity (Wildman–Crippen MR) is 46.6 cm³/mol. The standard InChI is InChI=1S/C8H11N3/c1-6(2)8-10-5-7(3)11(8)9-4/h5H,1,4H2,2-3H3. The maximum absolute atomic E-state index is 4.12. The molecule has 0 spiro atoms. The van der Waals surface area contributed by atoms with Crippen molar-refractivity contribution in [3.05, 3.63) is 24.3 Å². The zero-order valence-electron chi connectivity index (χ0n) is 6.83. The molecule has 0 saturated heterocycles. The van der Waals surface area contributed by atoms with E-state index in [4.69, 9.17) is 0 Å². The Morgan fingerprint density at radius 1 is 1.73 bits per heavy atom. The Balaban J connectivity index is 3.26. The van der Waals surface area contributed by atoms with Crippen molar-refractivity contribution in [1.29, 1.82) is 0 Å². The van der Waals surface area contributed by atoms with E-state index in [-0.39, 0.29) is 0 Å². The van der Waals surface area contributed by atoms with Gasteiger partial charge in [-0.2, -0.15) is 5.10 Å². The molecule has 3 nitrogen and oxygen atoms in total. The van der Waals surface area contributed by atoms with Gasteiger partial charge in [0, 0.05) is 6.72 Å². The normalized spacial score (nSPS) is 9.64. The minimum Gasteiger partial charge on any atom is -0.235 e. The smallest absolute Gasteiger partial charge is 0.155 e. The molecule has 0 radical (unpaired) electrons. The monoisotopic (exact) mass is 149 g/mol. The van der Waals surface area contributed by atoms with Crippen molar-refractivity contribution in [3.8, 4) is 0 Å². The second kappa shape index (κ2) is 2.70. The topological polar surface area (TPSA) is 30.2 Å². The fourth-order valence-corrected chi connectivity index (χ4v) is 0.900. The van der Waals surface area contributed by atoms with Gasteiger partial charge in [-0.3, -0.25) is 0 Å². The molecule has 0 unspecified atom stereocenters. The highest BCUT2D eigenvalue weighted by atomic mass is 15.4. The summed E-state index contributed by atoms with van der Waals surface area (Å²) in [5.41, 5.74) is 1.86. The van der Waals surface area contributed by atoms with Gasteiger partial charge in [0.1, 0.15) is 0 Å². The minimum atomic E-state index is 0.775. The number of hydrogen-bond donors (Lipinski definition) is 0. The molecule has 0 aromatic carbocycles. The average molecular weight is 149 g/mol. The van der Waals surface area contributed by atoms with Gasteiger partial charge in [-0.25, -0.2) is 9.66 Å². The molecule has 0 atom stereocenters. The van der Waals surface area contributed by atoms with Gasteiger partial charge < -0.3 is 0 Å². The van der Waals surface area contributed by atoms with E-state index in [2.05, 4.69) is 23.4 Å². The zero-order valence-corrected chi connectivity index (χ0v) is 6.83. The first-order valence-electron chi connectivity index (χ1n) is 3.34. The summed E-state index contributed by atoms with van der Waals surface area (Å²) in [6.45, 7) is 11.0. The van der Waals surface area contributed by atoms with Crippen LogP contribution in [0.2, 0.25) is 0 Å². The maximum Gasteiger partial charge on any atom is 0.155 e. The molecule has 1 heterocycles. The average Bonchev–Trinajstić information content (AvgIpc) is 2.30. The van der Waals surface area contributed by atoms with Gasteiger partial charge in [-0.1, -0.05) is 6.58 Å². The van der Waals surface area contributed by atoms with E-state index >= 15 is 0 Å². The van der Waals surface area contributed by atoms with Crippen LogP contribution in [0.25, 0.3) is 5.57 Å². The molecular weight excluding hydrogens is 138 g/mol. The molecule has 0 aliphatic carbocycles. The quantitative estimate of drug-likeness (QED) is 0.588. The first-order chi connectivity index (χ1) is 5.16. The van der Waals surface area contributed by atoms with Gasteiger partial charge in [0.15, 0.2) is 5.82 Å². The summed E-state index contributed by atoms with van der Waals surface area (Å²) in [5, 5.41) is 3.79. The van der Waals surface area contributed by atoms with Crippen molar-refractivity contribution >= 4 is 12.3 Å². The highest BCUT2D eigenvalue weighted by molar-refractivity contribution is 5.55. The first kappa shape index (κ1) is 7.72. The van der Waals surface area contributed by atoms with Crippen molar-refractivity contribution in [3.63, 3.8) is 0 Å². The lowest BCUT2D eigenvalue weighted by Crippen LogP contribution is -1.95. The van der Waals surface area contributed by atoms with Crippen LogP contribution in [0.5, 0.6) is 0 Å². The van der Waals surface area contributed by atoms with Crippen LogP contribution in [-0.4, -0.2) is 16.4 Å². The fraction of sp³-hybridized carbons (Fsp3) is 0.250. The third-order valence-electron chi connectivity index (χ3n) is 1.43. The maximum atomic E-state index is 4.12. The van der Waals surface area contributed by atoms with E-state index in [0.717, 1.165) is 17.1 Å². The third-order valence-corrected chi connectivity index (χ3v) is 1.43. The zero-order chi connectivity index (χ0) is 8.43. The van der Waals surface area contributed by atoms with Crippen LogP contribution in [0.3, 0.4) is 0 Å². The fourth-order valence-electron chi connectivity index (χ4n) is 0.900. The third kappa shape index (κ3) is 1.22. The lowest BCUT2D eigenvalue weighted by molar-refractivity contribution is 0.831. The van der Waals surface area contributed by atoms with E-state index in [1.54, 1.807) is 10.9 Å². The van der Waals surface area contributed by atoms with Gasteiger partial charge >= 0.3 is 0 Å². The predicted octanol–water partition coefficient (Wildman–Crippen LogP) is 1.69. The Morgan fingerprint density at radius 3 is 2.73 bits per heavy atom. The largest absolute Gasteiger partial charge is 0.235 e. The highest BCUT2D eigenvalue weighted by Gasteiger charge is 2.04. The number of hydrogen-bond acceptors (Lipinski definition) is 2. The van der Waals surface area contributed by atoms with E-state index in [1.807, 2.05) is 13.8 Å². The molecule has 1 aromatic rings. The Labute approximate surface area is 66.1 Å². The first-order valence-corrected chi connectivity index (χ1v) is 3.34. The molecule has 1 aromatic heterocycles. The van der Waals surface area contributed by atoms with Crippen molar-refractivity contribution < 1.29 is 0 Å². The van der Waals surface area contributed by atoms with Crippen LogP contribution in [0.15, 0.2) is 17.9 Å². The van der Waals surface area contributed by atoms with Gasteiger partial charge in [0.2, 0.25) is 0 Å². The van der Waals surface area contributed by atoms with E-state index in [9.17, 15) is 0 Å². The number of imidazole rings is 1. The number of aromatic nitrogens is 2. The molecule has 3 heteroatoms. The summed E-state index contributed by atoms with van der Waals surface area (Å²) < 4.78 is 1.67. The van der Waals surface area contributed by atoms with E-state index in [0.29, 0.717) is 0 Å². The second-order valence-corrected chi connectivity index (χ2v) is 2.46. The van der Waals surface area contributed by atoms with Crippen molar-refractivity contribution in [2.24, 2.45) is 5.10 Å². The van der Waals surface area contributed by atoms with Crippen LogP contribution in [0, 0.1) is 6.92 Å². The lowest BCUT2D eigenvalue weighted by Gasteiger charge is -2.00. The summed E-state index contributed by atoms with van der Waals surface area (Å²) in [7, 11) is 0. The SMILES string of the molecule is C=Nn1c(C)cnc1C(=C)C. The molecule has 58 valence electrons. The summed E-state index contributed by atoms with van der Waals surface area (Å²) in [4.78, 5) is 4.12. The summed E-state index contributed by atoms with van der Waals surface area (Å²) in [6, 6.07) is 0. The Morgan fingerprint density at radius 2 is 2.36 bits per heavy atom. The minimum absolute atomic E-state index is 0.775. The molecule has 0 fully saturated rings. The van der Waals surface area contributed by atoms with Gasteiger partial charge in [-0.05, 0) is 19.4 Å². The molecule has 0 aliphatic heterocycles. The number of rotatable bonds is 2. The van der Waals surface area contributed by atoms with Gasteiger partial charge in [0.25, 0.3) is 0 Å². The Hall–Kier alpha value is -1.38. The molecular formula is C8H11N3. The van der Waals surface area contributed by atoms with Crippen molar-refractivity contribution in [1.82, 2.24) is 9.66 Å². The van der Waals surface area contributed by atoms with Crippen LogP contribution in [0.1, 0.15) is 18.4 Å². The van der Waals surface area contributed by atoms with Crippen LogP contribution >= 0.6 is 0 Å². The van der Waals surface area contributed by atoms with Crippen LogP contribution in [0.4, 0.5) is 0 Å². The Kier molecular flexibility index (Phi) is 1.89. The molecule has 11 heavy (non-hydrogen) atoms. The molecule has 0 amide bonds. The number of aryl methyl sites for hydroxylation is 1. The molecule has 0 saturated carbocycles. The molecule has 0 N–H and O–H groups in total. The van der Waals surface area contributed by atoms with Gasteiger partial charge in [-0.15, -0.1) is 0 Å². The second-order valence-electron chi connectivity index (χ2n) is 2.46. The van der Waals surface area contributed by atoms with Crippen molar-refractivity contribution in [2.75, 3.05) is 0 Å². The van der Waals surface area contributed by atoms with Crippen LogP contribution < -0.4 is 0 Å². The van der Waals surface area contributed by atoms with E-state index < -0.39 is 0 Å². The Bertz CT molecular complexity index is 296.